The van der Waals surface area contributed by atoms with Crippen LogP contribution in [0.1, 0.15) is 6.92 Å². The SMILES string of the molecule is CON=C(C(=O)NC1C(=O)N2CC(C)(C(=O)O)CS[C@H]12)C1=CSCCS1. The van der Waals surface area contributed by atoms with Crippen molar-refractivity contribution in [3.05, 3.63) is 10.3 Å². The second-order valence-electron chi connectivity index (χ2n) is 6.31. The molecule has 2 fully saturated rings. The van der Waals surface area contributed by atoms with Gasteiger partial charge in [0.05, 0.1) is 5.41 Å². The number of carboxylic acids is 1. The fourth-order valence-corrected chi connectivity index (χ4v) is 6.37. The van der Waals surface area contributed by atoms with Crippen LogP contribution in [0.15, 0.2) is 15.5 Å². The number of carbonyl (C=O) groups excluding carboxylic acids is 2. The summed E-state index contributed by atoms with van der Waals surface area (Å²) in [5, 5.41) is 17.5. The fraction of sp³-hybridized carbons (Fsp3) is 0.600. The molecule has 0 aliphatic carbocycles. The molecule has 3 atom stereocenters. The number of hydrogen-bond acceptors (Lipinski definition) is 8. The molecular formula is C15H19N3O5S3. The van der Waals surface area contributed by atoms with Gasteiger partial charge in [-0.3, -0.25) is 14.4 Å². The molecule has 26 heavy (non-hydrogen) atoms. The van der Waals surface area contributed by atoms with Gasteiger partial charge in [-0.2, -0.15) is 0 Å². The van der Waals surface area contributed by atoms with Gasteiger partial charge in [0.15, 0.2) is 5.71 Å². The number of oxime groups is 1. The summed E-state index contributed by atoms with van der Waals surface area (Å²) in [6.07, 6.45) is 0. The van der Waals surface area contributed by atoms with Crippen LogP contribution in [-0.2, 0) is 19.2 Å². The number of β-lactam (4-membered cyclic amide) rings is 1. The molecular weight excluding hydrogens is 398 g/mol. The quantitative estimate of drug-likeness (QED) is 0.384. The molecule has 142 valence electrons. The number of hydrogen-bond donors (Lipinski definition) is 2. The Balaban J connectivity index is 1.67. The molecule has 0 spiro atoms. The van der Waals surface area contributed by atoms with E-state index in [1.165, 1.54) is 35.5 Å². The predicted molar refractivity (Wildman–Crippen MR) is 103 cm³/mol. The van der Waals surface area contributed by atoms with E-state index in [0.717, 1.165) is 16.4 Å². The second kappa shape index (κ2) is 7.73. The minimum atomic E-state index is -0.963. The van der Waals surface area contributed by atoms with E-state index in [9.17, 15) is 19.5 Å². The van der Waals surface area contributed by atoms with E-state index < -0.39 is 23.3 Å². The van der Waals surface area contributed by atoms with E-state index in [1.54, 1.807) is 18.7 Å². The summed E-state index contributed by atoms with van der Waals surface area (Å²) >= 11 is 4.50. The number of rotatable bonds is 5. The van der Waals surface area contributed by atoms with Gasteiger partial charge in [0.25, 0.3) is 5.91 Å². The van der Waals surface area contributed by atoms with Gasteiger partial charge in [0, 0.05) is 28.7 Å². The normalized spacial score (nSPS) is 31.5. The Morgan fingerprint density at radius 1 is 1.46 bits per heavy atom. The molecule has 0 aromatic heterocycles. The Morgan fingerprint density at radius 2 is 2.23 bits per heavy atom. The topological polar surface area (TPSA) is 108 Å². The highest BCUT2D eigenvalue weighted by Gasteiger charge is 2.56. The number of nitrogens with one attached hydrogen (secondary N) is 1. The van der Waals surface area contributed by atoms with Gasteiger partial charge in [-0.25, -0.2) is 0 Å². The van der Waals surface area contributed by atoms with E-state index in [-0.39, 0.29) is 23.5 Å². The van der Waals surface area contributed by atoms with Gasteiger partial charge in [-0.15, -0.1) is 35.3 Å². The molecule has 2 amide bonds. The van der Waals surface area contributed by atoms with Gasteiger partial charge >= 0.3 is 5.97 Å². The monoisotopic (exact) mass is 417 g/mol. The lowest BCUT2D eigenvalue weighted by atomic mass is 9.89. The van der Waals surface area contributed by atoms with Crippen LogP contribution in [0.3, 0.4) is 0 Å². The zero-order valence-corrected chi connectivity index (χ0v) is 16.7. The molecule has 0 aromatic carbocycles. The van der Waals surface area contributed by atoms with Crippen LogP contribution in [0.4, 0.5) is 0 Å². The highest BCUT2D eigenvalue weighted by atomic mass is 32.2. The number of thioether (sulfide) groups is 3. The van der Waals surface area contributed by atoms with Gasteiger partial charge in [-0.1, -0.05) is 5.16 Å². The summed E-state index contributed by atoms with van der Waals surface area (Å²) in [6.45, 7) is 1.79. The Labute approximate surface area is 163 Å². The molecule has 2 unspecified atom stereocenters. The maximum atomic E-state index is 12.6. The minimum absolute atomic E-state index is 0.155. The van der Waals surface area contributed by atoms with E-state index in [2.05, 4.69) is 10.5 Å². The third kappa shape index (κ3) is 3.56. The standard InChI is InChI=1S/C15H19N3O5S3/c1-15(14(21)22)6-18-12(20)10(13(18)26-7-15)16-11(19)9(17-23-2)8-5-24-3-4-25-8/h5,10,13H,3-4,6-7H2,1-2H3,(H,16,19)(H,21,22)/t10?,13-,15?/m1/s1. The first-order valence-corrected chi connectivity index (χ1v) is 11.0. The average Bonchev–Trinajstić information content (AvgIpc) is 2.64. The van der Waals surface area contributed by atoms with Crippen LogP contribution in [0.2, 0.25) is 0 Å². The number of aliphatic carboxylic acids is 1. The summed E-state index contributed by atoms with van der Waals surface area (Å²) in [7, 11) is 1.37. The Hall–Kier alpha value is -1.33. The largest absolute Gasteiger partial charge is 0.481 e. The number of carboxylic acid groups (broad SMARTS) is 1. The molecule has 3 heterocycles. The first-order chi connectivity index (χ1) is 12.4. The molecule has 2 N–H and O–H groups in total. The van der Waals surface area contributed by atoms with Crippen molar-refractivity contribution in [2.45, 2.75) is 18.3 Å². The smallest absolute Gasteiger partial charge is 0.312 e. The van der Waals surface area contributed by atoms with Crippen LogP contribution in [0.25, 0.3) is 0 Å². The fourth-order valence-electron chi connectivity index (χ4n) is 2.82. The third-order valence-electron chi connectivity index (χ3n) is 4.32. The molecule has 0 radical (unpaired) electrons. The van der Waals surface area contributed by atoms with Crippen molar-refractivity contribution in [1.82, 2.24) is 10.2 Å². The number of carbonyl (C=O) groups is 3. The van der Waals surface area contributed by atoms with Crippen LogP contribution < -0.4 is 5.32 Å². The summed E-state index contributed by atoms with van der Waals surface area (Å²) < 4.78 is 0. The summed E-state index contributed by atoms with van der Waals surface area (Å²) in [5.41, 5.74) is -0.804. The third-order valence-corrected chi connectivity index (χ3v) is 8.27. The highest BCUT2D eigenvalue weighted by Crippen LogP contribution is 2.42. The van der Waals surface area contributed by atoms with Crippen molar-refractivity contribution < 1.29 is 24.3 Å². The molecule has 0 aromatic rings. The molecule has 3 aliphatic heterocycles. The molecule has 2 saturated heterocycles. The lowest BCUT2D eigenvalue weighted by Crippen LogP contribution is -2.73. The summed E-state index contributed by atoms with van der Waals surface area (Å²) in [6, 6.07) is -0.672. The lowest BCUT2D eigenvalue weighted by molar-refractivity contribution is -0.157. The number of fused-ring (bicyclic) bond motifs is 1. The van der Waals surface area contributed by atoms with E-state index in [4.69, 9.17) is 4.84 Å². The van der Waals surface area contributed by atoms with E-state index >= 15 is 0 Å². The molecule has 3 aliphatic rings. The lowest BCUT2D eigenvalue weighted by Gasteiger charge is -2.53. The van der Waals surface area contributed by atoms with Gasteiger partial charge in [-0.05, 0) is 12.3 Å². The molecule has 0 saturated carbocycles. The second-order valence-corrected chi connectivity index (χ2v) is 9.53. The maximum absolute atomic E-state index is 12.6. The van der Waals surface area contributed by atoms with Crippen molar-refractivity contribution in [3.8, 4) is 0 Å². The predicted octanol–water partition coefficient (Wildman–Crippen LogP) is 0.801. The van der Waals surface area contributed by atoms with Crippen LogP contribution in [0.5, 0.6) is 0 Å². The summed E-state index contributed by atoms with van der Waals surface area (Å²) in [4.78, 5) is 43.5. The molecule has 8 nitrogen and oxygen atoms in total. The number of amides is 2. The Morgan fingerprint density at radius 3 is 2.85 bits per heavy atom. The van der Waals surface area contributed by atoms with Crippen molar-refractivity contribution in [1.29, 1.82) is 0 Å². The Kier molecular flexibility index (Phi) is 5.78. The van der Waals surface area contributed by atoms with Crippen molar-refractivity contribution in [2.75, 3.05) is 30.9 Å². The summed E-state index contributed by atoms with van der Waals surface area (Å²) in [5.74, 6) is 0.580. The van der Waals surface area contributed by atoms with Crippen LogP contribution in [0, 0.1) is 5.41 Å². The van der Waals surface area contributed by atoms with E-state index in [1.807, 2.05) is 5.41 Å². The maximum Gasteiger partial charge on any atom is 0.312 e. The first kappa shape index (κ1) is 19.4. The first-order valence-electron chi connectivity index (χ1n) is 7.90. The highest BCUT2D eigenvalue weighted by molar-refractivity contribution is 8.10. The molecule has 11 heteroatoms. The van der Waals surface area contributed by atoms with Gasteiger partial charge < -0.3 is 20.2 Å². The van der Waals surface area contributed by atoms with Crippen molar-refractivity contribution in [3.63, 3.8) is 0 Å². The molecule has 0 bridgehead atoms. The van der Waals surface area contributed by atoms with E-state index in [0.29, 0.717) is 5.75 Å². The minimum Gasteiger partial charge on any atom is -0.481 e. The van der Waals surface area contributed by atoms with Crippen molar-refractivity contribution in [2.24, 2.45) is 10.6 Å². The van der Waals surface area contributed by atoms with Gasteiger partial charge in [0.2, 0.25) is 5.91 Å². The van der Waals surface area contributed by atoms with Crippen LogP contribution >= 0.6 is 35.3 Å². The van der Waals surface area contributed by atoms with Crippen LogP contribution in [-0.4, -0.2) is 75.8 Å². The average molecular weight is 418 g/mol. The Bertz CT molecular complexity index is 698. The van der Waals surface area contributed by atoms with Crippen molar-refractivity contribution >= 4 is 58.8 Å². The number of nitrogens with zero attached hydrogens (tertiary/aromatic N) is 2. The molecule has 3 rings (SSSR count). The van der Waals surface area contributed by atoms with Gasteiger partial charge in [0.1, 0.15) is 18.5 Å². The zero-order chi connectivity index (χ0) is 18.9. The zero-order valence-electron chi connectivity index (χ0n) is 14.3.